The summed E-state index contributed by atoms with van der Waals surface area (Å²) in [6, 6.07) is 0. The van der Waals surface area contributed by atoms with Crippen LogP contribution in [0.3, 0.4) is 0 Å². The van der Waals surface area contributed by atoms with Crippen LogP contribution >= 0.6 is 10.5 Å². The molecule has 1 aromatic heterocycles. The van der Waals surface area contributed by atoms with Gasteiger partial charge in [0.25, 0.3) is 5.01 Å². The monoisotopic (exact) mass is 295 g/mol. The molecule has 0 saturated carbocycles. The lowest BCUT2D eigenvalue weighted by atomic mass is 10.4. The van der Waals surface area contributed by atoms with Crippen molar-refractivity contribution in [1.29, 1.82) is 0 Å². The van der Waals surface area contributed by atoms with E-state index in [1.165, 1.54) is 0 Å². The number of halogens is 1. The number of rotatable bonds is 4. The maximum absolute atomic E-state index is 11.2. The van der Waals surface area contributed by atoms with Crippen LogP contribution in [0.1, 0.15) is 25.0 Å². The van der Waals surface area contributed by atoms with Crippen molar-refractivity contribution in [2.45, 2.75) is 25.7 Å². The van der Waals surface area contributed by atoms with Crippen molar-refractivity contribution in [3.05, 3.63) is 16.6 Å². The van der Waals surface area contributed by atoms with Crippen molar-refractivity contribution in [3.63, 3.8) is 0 Å². The topological polar surface area (TPSA) is 59.4 Å². The molecule has 0 saturated heterocycles. The molecule has 86 valence electrons. The molecule has 0 radical (unpaired) electrons. The number of ether oxygens (including phenoxy) is 1. The molecule has 0 amide bonds. The van der Waals surface area contributed by atoms with Gasteiger partial charge in [0, 0.05) is 10.5 Å². The molecule has 1 heterocycles. The van der Waals surface area contributed by atoms with Gasteiger partial charge in [0.15, 0.2) is 5.38 Å². The van der Waals surface area contributed by atoms with Crippen molar-refractivity contribution in [1.82, 2.24) is 4.98 Å². The number of carbonyl (C=O) groups is 1. The number of carbonyl (C=O) groups excluding carboxylic acids is 1. The number of aliphatic hydroxyl groups is 1. The Balaban J connectivity index is 0.00000196. The fraction of sp³-hybridized carbons (Fsp3) is 0.556. The van der Waals surface area contributed by atoms with Crippen molar-refractivity contribution in [2.75, 3.05) is 6.61 Å². The molecule has 15 heavy (non-hydrogen) atoms. The van der Waals surface area contributed by atoms with Crippen LogP contribution in [0, 0.1) is 0 Å². The predicted octanol–water partition coefficient (Wildman–Crippen LogP) is -1.55. The molecule has 0 bridgehead atoms. The smallest absolute Gasteiger partial charge is 0.361 e. The minimum atomic E-state index is -0.595. The zero-order valence-electron chi connectivity index (χ0n) is 8.64. The molecule has 0 aromatic carbocycles. The lowest BCUT2D eigenvalue weighted by molar-refractivity contribution is -0.141. The van der Waals surface area contributed by atoms with E-state index in [0.29, 0.717) is 11.6 Å². The van der Waals surface area contributed by atoms with Gasteiger partial charge in [-0.15, -0.1) is 0 Å². The number of nitrogens with zero attached hydrogens (tertiary/aromatic N) is 1. The molecule has 6 heteroatoms. The molecule has 1 N–H and O–H groups in total. The predicted molar refractivity (Wildman–Crippen MR) is 54.0 cm³/mol. The number of aliphatic hydroxyl groups excluding tert-OH is 1. The Morgan fingerprint density at radius 2 is 2.40 bits per heavy atom. The van der Waals surface area contributed by atoms with Gasteiger partial charge >= 0.3 is 5.97 Å². The van der Waals surface area contributed by atoms with Crippen LogP contribution in [0.15, 0.2) is 11.6 Å². The largest absolute Gasteiger partial charge is 1.00 e. The Hall–Kier alpha value is -0.460. The first-order valence-electron chi connectivity index (χ1n) is 4.43. The van der Waals surface area contributed by atoms with Crippen molar-refractivity contribution in [2.24, 2.45) is 0 Å². The average molecular weight is 296 g/mol. The molecule has 2 unspecified atom stereocenters. The van der Waals surface area contributed by atoms with E-state index in [-0.39, 0.29) is 39.2 Å². The third kappa shape index (κ3) is 4.27. The van der Waals surface area contributed by atoms with Gasteiger partial charge < -0.3 is 26.8 Å². The van der Waals surface area contributed by atoms with Crippen LogP contribution in [0.25, 0.3) is 0 Å². The summed E-state index contributed by atoms with van der Waals surface area (Å²) in [4.78, 5) is 15.2. The summed E-state index contributed by atoms with van der Waals surface area (Å²) in [5.41, 5.74) is 0. The van der Waals surface area contributed by atoms with Crippen molar-refractivity contribution < 1.29 is 31.6 Å². The highest BCUT2D eigenvalue weighted by Gasteiger charge is 2.23. The summed E-state index contributed by atoms with van der Waals surface area (Å²) in [5.74, 6) is 0.0457. The van der Waals surface area contributed by atoms with E-state index in [1.54, 1.807) is 20.0 Å². The number of aromatic nitrogens is 1. The second kappa shape index (κ2) is 6.92. The van der Waals surface area contributed by atoms with Gasteiger partial charge in [0.2, 0.25) is 5.75 Å². The molecule has 4 nitrogen and oxygen atoms in total. The lowest BCUT2D eigenvalue weighted by Crippen LogP contribution is -3.00. The Kier molecular flexibility index (Phi) is 6.71. The molecular formula is C9H14BrNO3S. The van der Waals surface area contributed by atoms with Gasteiger partial charge in [-0.25, -0.2) is 9.78 Å². The molecule has 0 aliphatic rings. The summed E-state index contributed by atoms with van der Waals surface area (Å²) >= 11 is 0. The average Bonchev–Trinajstić information content (AvgIpc) is 2.52. The molecular weight excluding hydrogens is 282 g/mol. The Labute approximate surface area is 102 Å². The van der Waals surface area contributed by atoms with Crippen LogP contribution in [-0.2, 0) is 15.3 Å². The fourth-order valence-electron chi connectivity index (χ4n) is 1.09. The van der Waals surface area contributed by atoms with Gasteiger partial charge in [0.05, 0.1) is 12.8 Å². The van der Waals surface area contributed by atoms with E-state index >= 15 is 0 Å². The number of thiazole rings is 1. The van der Waals surface area contributed by atoms with E-state index in [1.807, 2.05) is 5.38 Å². The van der Waals surface area contributed by atoms with E-state index in [4.69, 9.17) is 4.74 Å². The molecule has 0 aliphatic carbocycles. The molecule has 1 rings (SSSR count). The lowest BCUT2D eigenvalue weighted by Gasteiger charge is -1.98. The summed E-state index contributed by atoms with van der Waals surface area (Å²) in [7, 11) is -0.382. The minimum Gasteiger partial charge on any atom is -1.00 e. The quantitative estimate of drug-likeness (QED) is 0.540. The first-order valence-corrected chi connectivity index (χ1v) is 5.88. The van der Waals surface area contributed by atoms with Crippen LogP contribution in [-0.4, -0.2) is 22.7 Å². The fourth-order valence-corrected chi connectivity index (χ4v) is 2.66. The number of hydrogen-bond acceptors (Lipinski definition) is 4. The molecule has 0 spiro atoms. The normalized spacial score (nSPS) is 12.9. The second-order valence-electron chi connectivity index (χ2n) is 2.81. The highest BCUT2D eigenvalue weighted by atomic mass is 79.9. The summed E-state index contributed by atoms with van der Waals surface area (Å²) in [6.45, 7) is 3.81. The van der Waals surface area contributed by atoms with Gasteiger partial charge in [-0.05, 0) is 13.8 Å². The van der Waals surface area contributed by atoms with Crippen molar-refractivity contribution >= 4 is 16.4 Å². The first kappa shape index (κ1) is 14.5. The first-order chi connectivity index (χ1) is 6.65. The molecule has 1 aromatic rings. The third-order valence-corrected chi connectivity index (χ3v) is 3.61. The zero-order valence-corrected chi connectivity index (χ0v) is 11.0. The van der Waals surface area contributed by atoms with E-state index < -0.39 is 6.10 Å². The van der Waals surface area contributed by atoms with Gasteiger partial charge in [0.1, 0.15) is 6.10 Å². The van der Waals surface area contributed by atoms with E-state index in [9.17, 15) is 9.90 Å². The van der Waals surface area contributed by atoms with E-state index in [0.717, 1.165) is 0 Å². The highest BCUT2D eigenvalue weighted by Crippen LogP contribution is 2.28. The third-order valence-electron chi connectivity index (χ3n) is 1.63. The molecule has 2 atom stereocenters. The summed E-state index contributed by atoms with van der Waals surface area (Å²) < 4.78 is 4.83. The van der Waals surface area contributed by atoms with Gasteiger partial charge in [-0.3, -0.25) is 0 Å². The van der Waals surface area contributed by atoms with Crippen LogP contribution < -0.4 is 17.0 Å². The van der Waals surface area contributed by atoms with Crippen LogP contribution in [0.4, 0.5) is 0 Å². The van der Waals surface area contributed by atoms with Gasteiger partial charge in [-0.2, -0.15) is 0 Å². The Bertz CT molecular complexity index is 314. The summed E-state index contributed by atoms with van der Waals surface area (Å²) in [5, 5.41) is 11.8. The Morgan fingerprint density at radius 1 is 1.73 bits per heavy atom. The zero-order chi connectivity index (χ0) is 10.6. The maximum Gasteiger partial charge on any atom is 0.361 e. The maximum atomic E-state index is 11.2. The van der Waals surface area contributed by atoms with Crippen LogP contribution in [0.2, 0.25) is 0 Å². The number of hydrogen-bond donors (Lipinski definition) is 1. The minimum absolute atomic E-state index is 0. The SMILES string of the molecule is CCOC(=O)C[s+]1ccnc1C(C)O.[Br-]. The highest BCUT2D eigenvalue weighted by molar-refractivity contribution is 7.30. The molecule has 0 fully saturated rings. The Morgan fingerprint density at radius 3 is 2.93 bits per heavy atom. The summed E-state index contributed by atoms with van der Waals surface area (Å²) in [6.07, 6.45) is 1.03. The molecule has 0 aliphatic heterocycles. The van der Waals surface area contributed by atoms with Crippen LogP contribution in [0.5, 0.6) is 0 Å². The van der Waals surface area contributed by atoms with Crippen molar-refractivity contribution in [3.8, 4) is 0 Å². The van der Waals surface area contributed by atoms with E-state index in [2.05, 4.69) is 4.98 Å². The van der Waals surface area contributed by atoms with Gasteiger partial charge in [-0.1, -0.05) is 0 Å². The second-order valence-corrected chi connectivity index (χ2v) is 4.64. The number of esters is 1. The standard InChI is InChI=1S/C9H14NO3S.BrH/c1-3-13-8(12)6-14-5-4-10-9(14)7(2)11;/h4-5,7,11H,3,6H2,1-2H3;1H/q+1;/p-1.